The van der Waals surface area contributed by atoms with Gasteiger partial charge in [0.1, 0.15) is 39.6 Å². The van der Waals surface area contributed by atoms with E-state index in [9.17, 15) is 24.6 Å². The Hall–Kier alpha value is -4.07. The Morgan fingerprint density at radius 3 is 2.58 bits per heavy atom. The number of nitrogens with one attached hydrogen (secondary N) is 1. The molecule has 0 spiro atoms. The van der Waals surface area contributed by atoms with Gasteiger partial charge in [0.15, 0.2) is 17.3 Å². The number of benzene rings is 2. The van der Waals surface area contributed by atoms with Crippen molar-refractivity contribution in [2.45, 2.75) is 32.7 Å². The molecule has 4 rings (SSSR count). The summed E-state index contributed by atoms with van der Waals surface area (Å²) in [5.74, 6) is -2.75. The van der Waals surface area contributed by atoms with Crippen LogP contribution in [0.25, 0.3) is 0 Å². The second kappa shape index (κ2) is 7.81. The maximum Gasteiger partial charge on any atom is 0.259 e. The molecule has 2 aromatic carbocycles. The molecule has 0 fully saturated rings. The summed E-state index contributed by atoms with van der Waals surface area (Å²) in [5, 5.41) is 23.8. The number of fused-ring (bicyclic) bond motifs is 3. The van der Waals surface area contributed by atoms with Gasteiger partial charge in [-0.3, -0.25) is 14.4 Å². The van der Waals surface area contributed by atoms with Gasteiger partial charge in [0.2, 0.25) is 0 Å². The second-order valence-electron chi connectivity index (χ2n) is 8.23. The number of phenols is 1. The van der Waals surface area contributed by atoms with Crippen LogP contribution in [0.4, 0.5) is 0 Å². The number of aromatic hydroxyl groups is 1. The fourth-order valence-electron chi connectivity index (χ4n) is 4.31. The maximum absolute atomic E-state index is 13.3. The molecule has 8 heteroatoms. The third kappa shape index (κ3) is 3.34. The number of carbonyl (C=O) groups excluding carboxylic acids is 3. The summed E-state index contributed by atoms with van der Waals surface area (Å²) >= 11 is 0. The van der Waals surface area contributed by atoms with Gasteiger partial charge in [-0.25, -0.2) is 0 Å². The van der Waals surface area contributed by atoms with Crippen molar-refractivity contribution in [1.82, 2.24) is 5.32 Å². The summed E-state index contributed by atoms with van der Waals surface area (Å²) < 4.78 is 11.2. The van der Waals surface area contributed by atoms with Crippen molar-refractivity contribution in [3.8, 4) is 17.2 Å². The molecule has 0 saturated heterocycles. The summed E-state index contributed by atoms with van der Waals surface area (Å²) in [6.45, 7) is 4.82. The average molecular weight is 449 g/mol. The topological polar surface area (TPSA) is 122 Å². The number of ketones is 2. The van der Waals surface area contributed by atoms with Crippen LogP contribution in [-0.2, 0) is 21.5 Å². The first-order valence-corrected chi connectivity index (χ1v) is 10.3. The predicted molar refractivity (Wildman–Crippen MR) is 118 cm³/mol. The number of aryl methyl sites for hydroxylation is 1. The fraction of sp³-hybridized carbons (Fsp3) is 0.240. The molecule has 1 atom stereocenters. The van der Waals surface area contributed by atoms with E-state index in [2.05, 4.69) is 5.32 Å². The van der Waals surface area contributed by atoms with Crippen molar-refractivity contribution >= 4 is 17.5 Å². The van der Waals surface area contributed by atoms with Crippen LogP contribution < -0.4 is 14.8 Å². The lowest BCUT2D eigenvalue weighted by Gasteiger charge is -2.27. The first kappa shape index (κ1) is 22.1. The minimum Gasteiger partial charge on any atom is -0.507 e. The van der Waals surface area contributed by atoms with Gasteiger partial charge < -0.3 is 25.0 Å². The number of carbonyl (C=O) groups is 3. The van der Waals surface area contributed by atoms with E-state index in [1.165, 1.54) is 33.1 Å². The minimum atomic E-state index is -1.59. The number of aliphatic hydroxyl groups excluding tert-OH is 1. The molecule has 1 heterocycles. The molecular formula is C25H23NO7. The molecule has 1 aliphatic heterocycles. The molecule has 0 aromatic heterocycles. The molecule has 0 bridgehead atoms. The van der Waals surface area contributed by atoms with Crippen molar-refractivity contribution in [3.63, 3.8) is 0 Å². The van der Waals surface area contributed by atoms with E-state index in [0.29, 0.717) is 0 Å². The molecule has 2 aliphatic rings. The Morgan fingerprint density at radius 1 is 1.21 bits per heavy atom. The fourth-order valence-corrected chi connectivity index (χ4v) is 4.31. The zero-order chi connectivity index (χ0) is 24.1. The highest BCUT2D eigenvalue weighted by atomic mass is 16.5. The van der Waals surface area contributed by atoms with E-state index in [1.807, 2.05) is 31.2 Å². The van der Waals surface area contributed by atoms with E-state index < -0.39 is 34.2 Å². The van der Waals surface area contributed by atoms with Crippen LogP contribution in [0.2, 0.25) is 0 Å². The van der Waals surface area contributed by atoms with E-state index in [-0.39, 0.29) is 40.7 Å². The average Bonchev–Trinajstić information content (AvgIpc) is 3.05. The van der Waals surface area contributed by atoms with E-state index in [1.54, 1.807) is 0 Å². The number of allylic oxidation sites excluding steroid dienone is 3. The summed E-state index contributed by atoms with van der Waals surface area (Å²) in [6.07, 6.45) is 1.17. The summed E-state index contributed by atoms with van der Waals surface area (Å²) in [6, 6.07) is 8.87. The van der Waals surface area contributed by atoms with Crippen molar-refractivity contribution < 1.29 is 34.1 Å². The number of phenolic OH excluding ortho intramolecular Hbond substituents is 1. The largest absolute Gasteiger partial charge is 0.507 e. The smallest absolute Gasteiger partial charge is 0.259 e. The van der Waals surface area contributed by atoms with Crippen LogP contribution in [0.5, 0.6) is 17.2 Å². The zero-order valence-electron chi connectivity index (χ0n) is 18.6. The molecule has 33 heavy (non-hydrogen) atoms. The molecule has 170 valence electrons. The van der Waals surface area contributed by atoms with Crippen LogP contribution in [0, 0.1) is 6.92 Å². The number of hydrogen-bond acceptors (Lipinski definition) is 7. The normalized spacial score (nSPS) is 18.8. The molecule has 0 unspecified atom stereocenters. The Kier molecular flexibility index (Phi) is 5.24. The molecular weight excluding hydrogens is 426 g/mol. The number of rotatable bonds is 5. The van der Waals surface area contributed by atoms with Gasteiger partial charge in [-0.05, 0) is 26.3 Å². The molecule has 1 aliphatic carbocycles. The highest BCUT2D eigenvalue weighted by molar-refractivity contribution is 6.25. The van der Waals surface area contributed by atoms with Crippen LogP contribution in [0.15, 0.2) is 53.5 Å². The van der Waals surface area contributed by atoms with E-state index in [4.69, 9.17) is 9.47 Å². The maximum atomic E-state index is 13.3. The Balaban J connectivity index is 1.81. The minimum absolute atomic E-state index is 0.00119. The molecule has 3 N–H and O–H groups in total. The number of hydrogen-bond donors (Lipinski definition) is 3. The quantitative estimate of drug-likeness (QED) is 0.600. The van der Waals surface area contributed by atoms with Gasteiger partial charge in [-0.15, -0.1) is 0 Å². The lowest BCUT2D eigenvalue weighted by atomic mass is 9.71. The third-order valence-electron chi connectivity index (χ3n) is 5.97. The summed E-state index contributed by atoms with van der Waals surface area (Å²) in [5.41, 5.74) is -0.0255. The first-order chi connectivity index (χ1) is 15.6. The second-order valence-corrected chi connectivity index (χ2v) is 8.23. The van der Waals surface area contributed by atoms with E-state index in [0.717, 1.165) is 11.1 Å². The standard InChI is InChI=1S/C25H23NO7/c1-12-6-5-7-14(8-12)11-26-24(31)20-17(32-4)9-16(29)21-22(20)33-18-10-15(28)19(13(2)27)23(30)25(18,21)3/h5-10,28-29H,11H2,1-4H3,(H,26,31)/t25-/m1/s1. The lowest BCUT2D eigenvalue weighted by molar-refractivity contribution is -0.123. The van der Waals surface area contributed by atoms with Gasteiger partial charge in [-0.1, -0.05) is 29.8 Å². The Bertz CT molecular complexity index is 1290. The van der Waals surface area contributed by atoms with Crippen LogP contribution in [0.1, 0.15) is 40.9 Å². The van der Waals surface area contributed by atoms with Gasteiger partial charge in [0.05, 0.1) is 12.7 Å². The van der Waals surface area contributed by atoms with Crippen LogP contribution in [0.3, 0.4) is 0 Å². The highest BCUT2D eigenvalue weighted by Gasteiger charge is 2.55. The molecule has 0 radical (unpaired) electrons. The van der Waals surface area contributed by atoms with Crippen molar-refractivity contribution in [2.75, 3.05) is 7.11 Å². The first-order valence-electron chi connectivity index (χ1n) is 10.3. The molecule has 0 saturated carbocycles. The lowest BCUT2D eigenvalue weighted by Crippen LogP contribution is -2.38. The Labute approximate surface area is 190 Å². The zero-order valence-corrected chi connectivity index (χ0v) is 18.6. The van der Waals surface area contributed by atoms with Crippen LogP contribution in [-0.4, -0.2) is 34.8 Å². The van der Waals surface area contributed by atoms with Crippen LogP contribution >= 0.6 is 0 Å². The molecule has 2 aromatic rings. The van der Waals surface area contributed by atoms with Gasteiger partial charge >= 0.3 is 0 Å². The van der Waals surface area contributed by atoms with Crippen molar-refractivity contribution in [3.05, 3.63) is 75.8 Å². The van der Waals surface area contributed by atoms with Crippen molar-refractivity contribution in [1.29, 1.82) is 0 Å². The third-order valence-corrected chi connectivity index (χ3v) is 5.97. The summed E-state index contributed by atoms with van der Waals surface area (Å²) in [7, 11) is 1.34. The summed E-state index contributed by atoms with van der Waals surface area (Å²) in [4.78, 5) is 38.5. The Morgan fingerprint density at radius 2 is 1.94 bits per heavy atom. The monoisotopic (exact) mass is 449 g/mol. The van der Waals surface area contributed by atoms with Gasteiger partial charge in [0.25, 0.3) is 5.91 Å². The van der Waals surface area contributed by atoms with Gasteiger partial charge in [0, 0.05) is 18.7 Å². The highest BCUT2D eigenvalue weighted by Crippen LogP contribution is 2.56. The number of aliphatic hydroxyl groups is 1. The number of amides is 1. The number of Topliss-reactive ketones (excluding diaryl/α,β-unsaturated/α-hetero) is 2. The van der Waals surface area contributed by atoms with E-state index >= 15 is 0 Å². The number of ether oxygens (including phenoxy) is 2. The number of methoxy groups -OCH3 is 1. The predicted octanol–water partition coefficient (Wildman–Crippen LogP) is 3.16. The molecule has 8 nitrogen and oxygen atoms in total. The van der Waals surface area contributed by atoms with Crippen molar-refractivity contribution in [2.24, 2.45) is 0 Å². The molecule has 1 amide bonds. The van der Waals surface area contributed by atoms with Gasteiger partial charge in [-0.2, -0.15) is 0 Å². The SMILES string of the molecule is COc1cc(O)c2c(c1C(=O)NCc1cccc(C)c1)OC1=CC(O)=C(C(C)=O)C(=O)[C@]12C.